The van der Waals surface area contributed by atoms with E-state index in [2.05, 4.69) is 27.3 Å². The van der Waals surface area contributed by atoms with Crippen LogP contribution in [0.1, 0.15) is 24.0 Å². The first-order valence-corrected chi connectivity index (χ1v) is 11.6. The monoisotopic (exact) mass is 453 g/mol. The van der Waals surface area contributed by atoms with Gasteiger partial charge in [-0.1, -0.05) is 24.3 Å². The Labute approximate surface area is 198 Å². The molecule has 0 bridgehead atoms. The number of carbonyl (C=O) groups is 1. The van der Waals surface area contributed by atoms with Gasteiger partial charge in [-0.2, -0.15) is 0 Å². The van der Waals surface area contributed by atoms with E-state index in [1.165, 1.54) is 0 Å². The van der Waals surface area contributed by atoms with Gasteiger partial charge in [-0.05, 0) is 61.2 Å². The van der Waals surface area contributed by atoms with E-state index in [-0.39, 0.29) is 17.7 Å². The third kappa shape index (κ3) is 4.69. The second kappa shape index (κ2) is 9.47. The van der Waals surface area contributed by atoms with Crippen LogP contribution in [0, 0.1) is 6.92 Å². The lowest BCUT2D eigenvalue weighted by molar-refractivity contribution is -0.121. The van der Waals surface area contributed by atoms with Gasteiger partial charge < -0.3 is 15.3 Å². The number of benzene rings is 2. The molecule has 172 valence electrons. The van der Waals surface area contributed by atoms with Crippen LogP contribution in [0.3, 0.4) is 0 Å². The van der Waals surface area contributed by atoms with Crippen LogP contribution in [-0.2, 0) is 11.2 Å². The van der Waals surface area contributed by atoms with Gasteiger partial charge in [0.25, 0.3) is 0 Å². The number of para-hydroxylation sites is 1. The Bertz CT molecular complexity index is 1330. The molecule has 1 atom stereocenters. The predicted molar refractivity (Wildman–Crippen MR) is 133 cm³/mol. The summed E-state index contributed by atoms with van der Waals surface area (Å²) in [5.74, 6) is 1.53. The topological polar surface area (TPSA) is 91.2 Å². The molecule has 0 spiro atoms. The van der Waals surface area contributed by atoms with Crippen LogP contribution in [0.25, 0.3) is 22.3 Å². The van der Waals surface area contributed by atoms with E-state index >= 15 is 0 Å². The van der Waals surface area contributed by atoms with Crippen LogP contribution in [0.15, 0.2) is 67.0 Å². The lowest BCUT2D eigenvalue weighted by atomic mass is 10.1. The van der Waals surface area contributed by atoms with Crippen LogP contribution in [0.2, 0.25) is 0 Å². The van der Waals surface area contributed by atoms with Gasteiger partial charge in [0.1, 0.15) is 11.6 Å². The lowest BCUT2D eigenvalue weighted by Crippen LogP contribution is -2.37. The highest BCUT2D eigenvalue weighted by Crippen LogP contribution is 2.33. The smallest absolute Gasteiger partial charge is 0.220 e. The third-order valence-corrected chi connectivity index (χ3v) is 6.19. The van der Waals surface area contributed by atoms with E-state index in [4.69, 9.17) is 9.97 Å². The van der Waals surface area contributed by atoms with Crippen molar-refractivity contribution in [1.82, 2.24) is 20.3 Å². The summed E-state index contributed by atoms with van der Waals surface area (Å²) in [7, 11) is 0. The van der Waals surface area contributed by atoms with Crippen LogP contribution in [0.5, 0.6) is 5.75 Å². The molecule has 2 aromatic carbocycles. The molecule has 34 heavy (non-hydrogen) atoms. The standard InChI is InChI=1S/C27H27N5O2/c1-18-8-10-21-23(15-18)30-26(22-6-2-3-7-24(22)33)31-27(21)32-14-12-20(17-32)29-25(34)11-9-19-5-4-13-28-16-19/h2-8,10,13,15-16,20,33H,9,11-12,14,17H2,1H3,(H,29,34). The Balaban J connectivity index is 1.35. The number of nitrogens with one attached hydrogen (secondary N) is 1. The number of rotatable bonds is 6. The van der Waals surface area contributed by atoms with Gasteiger partial charge in [0.15, 0.2) is 5.82 Å². The summed E-state index contributed by atoms with van der Waals surface area (Å²) in [5.41, 5.74) is 3.62. The maximum Gasteiger partial charge on any atom is 0.220 e. The SMILES string of the molecule is Cc1ccc2c(N3CCC(NC(=O)CCc4cccnc4)C3)nc(-c3ccccc3O)nc2c1. The quantitative estimate of drug-likeness (QED) is 0.458. The molecule has 0 aliphatic carbocycles. The molecule has 3 heterocycles. The molecule has 4 aromatic rings. The number of nitrogens with zero attached hydrogens (tertiary/aromatic N) is 4. The Kier molecular flexibility index (Phi) is 6.08. The molecule has 7 nitrogen and oxygen atoms in total. The van der Waals surface area contributed by atoms with Crippen molar-refractivity contribution < 1.29 is 9.90 Å². The fourth-order valence-electron chi connectivity index (χ4n) is 4.42. The number of anilines is 1. The minimum atomic E-state index is 0.0498. The zero-order valence-electron chi connectivity index (χ0n) is 19.1. The van der Waals surface area contributed by atoms with Gasteiger partial charge in [-0.25, -0.2) is 9.97 Å². The number of aromatic nitrogens is 3. The van der Waals surface area contributed by atoms with Crippen molar-refractivity contribution in [1.29, 1.82) is 0 Å². The van der Waals surface area contributed by atoms with Crippen molar-refractivity contribution in [2.45, 2.75) is 32.2 Å². The van der Waals surface area contributed by atoms with E-state index in [1.807, 2.05) is 37.3 Å². The summed E-state index contributed by atoms with van der Waals surface area (Å²) in [6, 6.07) is 17.2. The third-order valence-electron chi connectivity index (χ3n) is 6.19. The molecule has 0 saturated carbocycles. The molecule has 2 N–H and O–H groups in total. The first-order chi connectivity index (χ1) is 16.6. The summed E-state index contributed by atoms with van der Waals surface area (Å²) in [5, 5.41) is 14.5. The predicted octanol–water partition coefficient (Wildman–Crippen LogP) is 4.03. The Morgan fingerprint density at radius 2 is 2.03 bits per heavy atom. The summed E-state index contributed by atoms with van der Waals surface area (Å²) < 4.78 is 0. The molecule has 5 rings (SSSR count). The summed E-state index contributed by atoms with van der Waals surface area (Å²) >= 11 is 0. The van der Waals surface area contributed by atoms with Crippen LogP contribution in [0.4, 0.5) is 5.82 Å². The minimum absolute atomic E-state index is 0.0498. The molecule has 1 fully saturated rings. The number of phenolic OH excluding ortho intramolecular Hbond substituents is 1. The van der Waals surface area contributed by atoms with Crippen LogP contribution < -0.4 is 10.2 Å². The molecular weight excluding hydrogens is 426 g/mol. The number of fused-ring (bicyclic) bond motifs is 1. The highest BCUT2D eigenvalue weighted by Gasteiger charge is 2.27. The van der Waals surface area contributed by atoms with Gasteiger partial charge in [0.05, 0.1) is 11.1 Å². The molecular formula is C27H27N5O2. The first kappa shape index (κ1) is 21.8. The molecule has 1 amide bonds. The van der Waals surface area contributed by atoms with Gasteiger partial charge in [0, 0.05) is 43.3 Å². The number of hydrogen-bond acceptors (Lipinski definition) is 6. The molecule has 1 saturated heterocycles. The van der Waals surface area contributed by atoms with Crippen molar-refractivity contribution in [2.75, 3.05) is 18.0 Å². The fourth-order valence-corrected chi connectivity index (χ4v) is 4.42. The van der Waals surface area contributed by atoms with Crippen molar-refractivity contribution >= 4 is 22.6 Å². The number of hydrogen-bond donors (Lipinski definition) is 2. The van der Waals surface area contributed by atoms with E-state index in [9.17, 15) is 9.90 Å². The maximum absolute atomic E-state index is 12.5. The zero-order valence-corrected chi connectivity index (χ0v) is 19.1. The normalized spacial score (nSPS) is 15.6. The fraction of sp³-hybridized carbons (Fsp3) is 0.259. The summed E-state index contributed by atoms with van der Waals surface area (Å²) in [4.78, 5) is 28.5. The second-order valence-electron chi connectivity index (χ2n) is 8.77. The average Bonchev–Trinajstić information content (AvgIpc) is 3.31. The number of aryl methyl sites for hydroxylation is 2. The molecule has 7 heteroatoms. The second-order valence-corrected chi connectivity index (χ2v) is 8.77. The highest BCUT2D eigenvalue weighted by atomic mass is 16.3. The van der Waals surface area contributed by atoms with Gasteiger partial charge in [0.2, 0.25) is 5.91 Å². The summed E-state index contributed by atoms with van der Waals surface area (Å²) in [6.45, 7) is 3.50. The van der Waals surface area contributed by atoms with Gasteiger partial charge in [-0.15, -0.1) is 0 Å². The van der Waals surface area contributed by atoms with Crippen LogP contribution in [-0.4, -0.2) is 45.1 Å². The van der Waals surface area contributed by atoms with E-state index < -0.39 is 0 Å². The highest BCUT2D eigenvalue weighted by molar-refractivity contribution is 5.92. The molecule has 1 unspecified atom stereocenters. The summed E-state index contributed by atoms with van der Waals surface area (Å²) in [6.07, 6.45) is 5.50. The van der Waals surface area contributed by atoms with Crippen molar-refractivity contribution in [3.63, 3.8) is 0 Å². The number of pyridine rings is 1. The Morgan fingerprint density at radius 3 is 2.85 bits per heavy atom. The lowest BCUT2D eigenvalue weighted by Gasteiger charge is -2.21. The van der Waals surface area contributed by atoms with E-state index in [0.717, 1.165) is 40.8 Å². The van der Waals surface area contributed by atoms with E-state index in [1.54, 1.807) is 24.5 Å². The Morgan fingerprint density at radius 1 is 1.15 bits per heavy atom. The Hall–Kier alpha value is -4.00. The number of phenols is 1. The maximum atomic E-state index is 12.5. The van der Waals surface area contributed by atoms with Crippen molar-refractivity contribution in [3.8, 4) is 17.1 Å². The molecule has 1 aliphatic rings. The van der Waals surface area contributed by atoms with Crippen molar-refractivity contribution in [2.24, 2.45) is 0 Å². The molecule has 1 aliphatic heterocycles. The molecule has 0 radical (unpaired) electrons. The zero-order chi connectivity index (χ0) is 23.5. The number of amides is 1. The van der Waals surface area contributed by atoms with Crippen molar-refractivity contribution in [3.05, 3.63) is 78.1 Å². The largest absolute Gasteiger partial charge is 0.507 e. The van der Waals surface area contributed by atoms with Gasteiger partial charge in [-0.3, -0.25) is 9.78 Å². The average molecular weight is 454 g/mol. The number of carbonyl (C=O) groups excluding carboxylic acids is 1. The number of aromatic hydroxyl groups is 1. The van der Waals surface area contributed by atoms with E-state index in [0.29, 0.717) is 30.8 Å². The van der Waals surface area contributed by atoms with Crippen LogP contribution >= 0.6 is 0 Å². The minimum Gasteiger partial charge on any atom is -0.507 e. The first-order valence-electron chi connectivity index (χ1n) is 11.6. The van der Waals surface area contributed by atoms with Gasteiger partial charge >= 0.3 is 0 Å². The molecule has 2 aromatic heterocycles.